The first-order valence-electron chi connectivity index (χ1n) is 3.95. The van der Waals surface area contributed by atoms with Gasteiger partial charge in [-0.15, -0.1) is 0 Å². The van der Waals surface area contributed by atoms with E-state index < -0.39 is 5.97 Å². The third-order valence-corrected chi connectivity index (χ3v) is 2.27. The van der Waals surface area contributed by atoms with Crippen LogP contribution in [-0.4, -0.2) is 23.7 Å². The molecule has 0 spiro atoms. The lowest BCUT2D eigenvalue weighted by molar-refractivity contribution is -0.137. The Hall–Kier alpha value is -0.570. The Labute approximate surface area is 67.8 Å². The molecule has 3 heteroatoms. The molecule has 0 fully saturated rings. The van der Waals surface area contributed by atoms with Crippen molar-refractivity contribution in [1.29, 1.82) is 0 Å². The van der Waals surface area contributed by atoms with E-state index in [1.165, 1.54) is 0 Å². The molecule has 11 heavy (non-hydrogen) atoms. The van der Waals surface area contributed by atoms with E-state index in [2.05, 4.69) is 12.2 Å². The van der Waals surface area contributed by atoms with Gasteiger partial charge < -0.3 is 10.4 Å². The second-order valence-electron chi connectivity index (χ2n) is 3.06. The Balaban J connectivity index is 3.78. The summed E-state index contributed by atoms with van der Waals surface area (Å²) in [4.78, 5) is 10.3. The molecule has 0 aliphatic carbocycles. The van der Waals surface area contributed by atoms with Crippen LogP contribution < -0.4 is 5.32 Å². The first-order chi connectivity index (χ1) is 5.04. The molecule has 0 bridgehead atoms. The number of carbonyl (C=O) groups is 1. The van der Waals surface area contributed by atoms with Gasteiger partial charge in [0, 0.05) is 12.0 Å². The SMILES string of the molecule is CCC(C)(CCC(=O)O)NC. The Morgan fingerprint density at radius 3 is 2.45 bits per heavy atom. The van der Waals surface area contributed by atoms with E-state index >= 15 is 0 Å². The molecule has 3 nitrogen and oxygen atoms in total. The van der Waals surface area contributed by atoms with Crippen molar-refractivity contribution in [3.8, 4) is 0 Å². The highest BCUT2D eigenvalue weighted by molar-refractivity contribution is 5.66. The molecule has 0 aromatic rings. The molecule has 0 amide bonds. The number of hydrogen-bond donors (Lipinski definition) is 2. The zero-order chi connectivity index (χ0) is 8.91. The minimum absolute atomic E-state index is 0.0155. The van der Waals surface area contributed by atoms with Crippen LogP contribution in [0.3, 0.4) is 0 Å². The predicted molar refractivity (Wildman–Crippen MR) is 44.6 cm³/mol. The van der Waals surface area contributed by atoms with Gasteiger partial charge in [-0.2, -0.15) is 0 Å². The highest BCUT2D eigenvalue weighted by Crippen LogP contribution is 2.15. The van der Waals surface area contributed by atoms with Crippen molar-refractivity contribution >= 4 is 5.97 Å². The van der Waals surface area contributed by atoms with Crippen LogP contribution in [0.4, 0.5) is 0 Å². The summed E-state index contributed by atoms with van der Waals surface area (Å²) in [6.07, 6.45) is 1.89. The van der Waals surface area contributed by atoms with Gasteiger partial charge in [0.15, 0.2) is 0 Å². The normalized spacial score (nSPS) is 15.9. The number of hydrogen-bond acceptors (Lipinski definition) is 2. The first-order valence-corrected chi connectivity index (χ1v) is 3.95. The molecule has 66 valence electrons. The third-order valence-electron chi connectivity index (χ3n) is 2.27. The minimum atomic E-state index is -0.722. The Morgan fingerprint density at radius 1 is 1.64 bits per heavy atom. The van der Waals surface area contributed by atoms with Gasteiger partial charge in [0.05, 0.1) is 0 Å². The molecule has 0 rings (SSSR count). The monoisotopic (exact) mass is 159 g/mol. The van der Waals surface area contributed by atoms with Crippen molar-refractivity contribution in [3.05, 3.63) is 0 Å². The minimum Gasteiger partial charge on any atom is -0.481 e. The average molecular weight is 159 g/mol. The van der Waals surface area contributed by atoms with Gasteiger partial charge in [0.1, 0.15) is 0 Å². The summed E-state index contributed by atoms with van der Waals surface area (Å²) >= 11 is 0. The van der Waals surface area contributed by atoms with Crippen LogP contribution >= 0.6 is 0 Å². The van der Waals surface area contributed by atoms with Crippen molar-refractivity contribution in [2.45, 2.75) is 38.6 Å². The number of carboxylic acids is 1. The molecule has 2 N–H and O–H groups in total. The van der Waals surface area contributed by atoms with Gasteiger partial charge in [-0.25, -0.2) is 0 Å². The zero-order valence-corrected chi connectivity index (χ0v) is 7.48. The van der Waals surface area contributed by atoms with Crippen LogP contribution in [0.15, 0.2) is 0 Å². The fourth-order valence-electron chi connectivity index (χ4n) is 0.861. The average Bonchev–Trinajstić information content (AvgIpc) is 2.00. The second-order valence-corrected chi connectivity index (χ2v) is 3.06. The quantitative estimate of drug-likeness (QED) is 0.634. The van der Waals surface area contributed by atoms with E-state index in [4.69, 9.17) is 5.11 Å². The Kier molecular flexibility index (Phi) is 4.11. The molecular weight excluding hydrogens is 142 g/mol. The van der Waals surface area contributed by atoms with Gasteiger partial charge in [0.25, 0.3) is 0 Å². The fraction of sp³-hybridized carbons (Fsp3) is 0.875. The predicted octanol–water partition coefficient (Wildman–Crippen LogP) is 1.24. The smallest absolute Gasteiger partial charge is 0.303 e. The number of nitrogens with one attached hydrogen (secondary N) is 1. The molecule has 0 aromatic heterocycles. The Morgan fingerprint density at radius 2 is 2.18 bits per heavy atom. The van der Waals surface area contributed by atoms with Crippen molar-refractivity contribution in [3.63, 3.8) is 0 Å². The van der Waals surface area contributed by atoms with E-state index in [-0.39, 0.29) is 12.0 Å². The zero-order valence-electron chi connectivity index (χ0n) is 7.48. The van der Waals surface area contributed by atoms with Crippen LogP contribution in [0.25, 0.3) is 0 Å². The molecule has 0 saturated carbocycles. The standard InChI is InChI=1S/C8H17NO2/c1-4-8(2,9-3)6-5-7(10)11/h9H,4-6H2,1-3H3,(H,10,11). The van der Waals surface area contributed by atoms with Crippen LogP contribution in [0.2, 0.25) is 0 Å². The summed E-state index contributed by atoms with van der Waals surface area (Å²) in [5, 5.41) is 11.6. The van der Waals surface area contributed by atoms with Crippen molar-refractivity contribution in [1.82, 2.24) is 5.32 Å². The maximum Gasteiger partial charge on any atom is 0.303 e. The first kappa shape index (κ1) is 10.4. The van der Waals surface area contributed by atoms with Crippen LogP contribution in [0.1, 0.15) is 33.1 Å². The summed E-state index contributed by atoms with van der Waals surface area (Å²) in [6.45, 7) is 4.09. The van der Waals surface area contributed by atoms with E-state index in [0.29, 0.717) is 6.42 Å². The molecule has 0 saturated heterocycles. The van der Waals surface area contributed by atoms with Gasteiger partial charge in [-0.1, -0.05) is 6.92 Å². The lowest BCUT2D eigenvalue weighted by atomic mass is 9.93. The maximum absolute atomic E-state index is 10.3. The lowest BCUT2D eigenvalue weighted by Gasteiger charge is -2.26. The van der Waals surface area contributed by atoms with Crippen LogP contribution in [0.5, 0.6) is 0 Å². The third kappa shape index (κ3) is 3.98. The highest BCUT2D eigenvalue weighted by Gasteiger charge is 2.19. The topological polar surface area (TPSA) is 49.3 Å². The summed E-state index contributed by atoms with van der Waals surface area (Å²) < 4.78 is 0. The molecule has 0 heterocycles. The molecule has 0 aliphatic heterocycles. The number of carboxylic acid groups (broad SMARTS) is 1. The Bertz CT molecular complexity index is 130. The fourth-order valence-corrected chi connectivity index (χ4v) is 0.861. The summed E-state index contributed by atoms with van der Waals surface area (Å²) in [6, 6.07) is 0. The van der Waals surface area contributed by atoms with Crippen molar-refractivity contribution in [2.75, 3.05) is 7.05 Å². The molecule has 1 atom stereocenters. The van der Waals surface area contributed by atoms with E-state index in [1.807, 2.05) is 14.0 Å². The second kappa shape index (κ2) is 4.34. The number of rotatable bonds is 5. The summed E-state index contributed by atoms with van der Waals surface area (Å²) in [5.74, 6) is -0.722. The van der Waals surface area contributed by atoms with Crippen molar-refractivity contribution in [2.24, 2.45) is 0 Å². The van der Waals surface area contributed by atoms with Gasteiger partial charge in [-0.05, 0) is 26.8 Å². The largest absolute Gasteiger partial charge is 0.481 e. The molecular formula is C8H17NO2. The maximum atomic E-state index is 10.3. The van der Waals surface area contributed by atoms with E-state index in [0.717, 1.165) is 6.42 Å². The van der Waals surface area contributed by atoms with Gasteiger partial charge in [-0.3, -0.25) is 4.79 Å². The summed E-state index contributed by atoms with van der Waals surface area (Å²) in [7, 11) is 1.87. The number of aliphatic carboxylic acids is 1. The molecule has 0 radical (unpaired) electrons. The molecule has 0 aliphatic rings. The van der Waals surface area contributed by atoms with Crippen LogP contribution in [-0.2, 0) is 4.79 Å². The molecule has 0 aromatic carbocycles. The van der Waals surface area contributed by atoms with Crippen LogP contribution in [0, 0.1) is 0 Å². The highest BCUT2D eigenvalue weighted by atomic mass is 16.4. The van der Waals surface area contributed by atoms with Crippen molar-refractivity contribution < 1.29 is 9.90 Å². The summed E-state index contributed by atoms with van der Waals surface area (Å²) in [5.41, 5.74) is -0.0155. The van der Waals surface area contributed by atoms with E-state index in [9.17, 15) is 4.79 Å². The lowest BCUT2D eigenvalue weighted by Crippen LogP contribution is -2.39. The van der Waals surface area contributed by atoms with Gasteiger partial charge >= 0.3 is 5.97 Å². The molecule has 1 unspecified atom stereocenters. The van der Waals surface area contributed by atoms with E-state index in [1.54, 1.807) is 0 Å². The van der Waals surface area contributed by atoms with Gasteiger partial charge in [0.2, 0.25) is 0 Å².